The van der Waals surface area contributed by atoms with Crippen LogP contribution < -0.4 is 5.73 Å². The summed E-state index contributed by atoms with van der Waals surface area (Å²) in [7, 11) is 0. The summed E-state index contributed by atoms with van der Waals surface area (Å²) in [6.07, 6.45) is 6.27. The van der Waals surface area contributed by atoms with Gasteiger partial charge in [0.15, 0.2) is 0 Å². The van der Waals surface area contributed by atoms with Gasteiger partial charge >= 0.3 is 0 Å². The zero-order chi connectivity index (χ0) is 11.5. The number of aromatic nitrogens is 1. The maximum absolute atomic E-state index is 11.2. The Kier molecular flexibility index (Phi) is 3.53. The molecule has 88 valence electrons. The predicted molar refractivity (Wildman–Crippen MR) is 62.5 cm³/mol. The van der Waals surface area contributed by atoms with Crippen molar-refractivity contribution in [1.82, 2.24) is 5.16 Å². The largest absolute Gasteiger partial charge is 0.363 e. The zero-order valence-corrected chi connectivity index (χ0v) is 10.2. The molecule has 1 saturated carbocycles. The molecule has 0 unspecified atom stereocenters. The average Bonchev–Trinajstić information content (AvgIpc) is 2.62. The lowest BCUT2D eigenvalue weighted by atomic mass is 10.0. The van der Waals surface area contributed by atoms with E-state index in [9.17, 15) is 4.79 Å². The van der Waals surface area contributed by atoms with E-state index >= 15 is 0 Å². The molecule has 1 aliphatic carbocycles. The molecule has 2 rings (SSSR count). The van der Waals surface area contributed by atoms with Gasteiger partial charge in [-0.25, -0.2) is 0 Å². The van der Waals surface area contributed by atoms with Gasteiger partial charge in [0.1, 0.15) is 0 Å². The lowest BCUT2D eigenvalue weighted by Crippen LogP contribution is -2.13. The second-order valence-corrected chi connectivity index (χ2v) is 5.48. The monoisotopic (exact) mass is 240 g/mol. The summed E-state index contributed by atoms with van der Waals surface area (Å²) < 4.78 is 4.95. The molecule has 2 N–H and O–H groups in total. The number of hydrogen-bond acceptors (Lipinski definition) is 4. The molecule has 0 radical (unpaired) electrons. The molecule has 0 aromatic carbocycles. The molecule has 0 atom stereocenters. The molecule has 1 aliphatic rings. The van der Waals surface area contributed by atoms with Crippen LogP contribution in [0.5, 0.6) is 0 Å². The van der Waals surface area contributed by atoms with E-state index in [1.54, 1.807) is 11.8 Å². The topological polar surface area (TPSA) is 69.1 Å². The van der Waals surface area contributed by atoms with E-state index in [0.29, 0.717) is 5.25 Å². The predicted octanol–water partition coefficient (Wildman–Crippen LogP) is 2.51. The molecule has 0 aliphatic heterocycles. The Hall–Kier alpha value is -0.970. The van der Waals surface area contributed by atoms with Crippen LogP contribution in [0.1, 0.15) is 48.4 Å². The molecule has 1 heterocycles. The quantitative estimate of drug-likeness (QED) is 0.881. The van der Waals surface area contributed by atoms with Crippen LogP contribution in [0, 0.1) is 6.92 Å². The molecule has 5 heteroatoms. The van der Waals surface area contributed by atoms with E-state index in [0.717, 1.165) is 10.6 Å². The van der Waals surface area contributed by atoms with E-state index in [1.165, 1.54) is 32.1 Å². The van der Waals surface area contributed by atoms with Crippen LogP contribution >= 0.6 is 11.8 Å². The smallest absolute Gasteiger partial charge is 0.288 e. The average molecular weight is 240 g/mol. The van der Waals surface area contributed by atoms with Crippen molar-refractivity contribution in [2.45, 2.75) is 49.2 Å². The molecule has 16 heavy (non-hydrogen) atoms. The van der Waals surface area contributed by atoms with E-state index in [2.05, 4.69) is 5.16 Å². The Bertz CT molecular complexity index is 383. The molecule has 0 bridgehead atoms. The van der Waals surface area contributed by atoms with Crippen molar-refractivity contribution < 1.29 is 9.32 Å². The van der Waals surface area contributed by atoms with Gasteiger partial charge < -0.3 is 10.3 Å². The van der Waals surface area contributed by atoms with Gasteiger partial charge in [-0.1, -0.05) is 24.4 Å². The third-order valence-corrected chi connectivity index (χ3v) is 4.39. The second-order valence-electron chi connectivity index (χ2n) is 4.17. The fraction of sp³-hybridized carbons (Fsp3) is 0.636. The fourth-order valence-electron chi connectivity index (χ4n) is 2.01. The van der Waals surface area contributed by atoms with Crippen LogP contribution in [-0.4, -0.2) is 16.3 Å². The van der Waals surface area contributed by atoms with Crippen molar-refractivity contribution in [3.8, 4) is 0 Å². The van der Waals surface area contributed by atoms with Crippen LogP contribution in [0.4, 0.5) is 0 Å². The molecule has 0 saturated heterocycles. The minimum atomic E-state index is -0.529. The Morgan fingerprint density at radius 3 is 2.75 bits per heavy atom. The molecule has 0 spiro atoms. The Morgan fingerprint density at radius 1 is 1.44 bits per heavy atom. The maximum atomic E-state index is 11.2. The third-order valence-electron chi connectivity index (χ3n) is 2.87. The summed E-state index contributed by atoms with van der Waals surface area (Å²) >= 11 is 1.70. The second kappa shape index (κ2) is 4.91. The summed E-state index contributed by atoms with van der Waals surface area (Å²) in [5.41, 5.74) is 6.01. The summed E-state index contributed by atoms with van der Waals surface area (Å²) in [5, 5.41) is 4.38. The highest BCUT2D eigenvalue weighted by molar-refractivity contribution is 8.00. The van der Waals surface area contributed by atoms with Crippen molar-refractivity contribution >= 4 is 17.7 Å². The minimum absolute atomic E-state index is 0.216. The number of primary amides is 1. The summed E-state index contributed by atoms with van der Waals surface area (Å²) in [6.45, 7) is 1.85. The lowest BCUT2D eigenvalue weighted by Gasteiger charge is -2.20. The first-order valence-electron chi connectivity index (χ1n) is 5.61. The Labute approximate surface area is 98.9 Å². The van der Waals surface area contributed by atoms with E-state index < -0.39 is 5.91 Å². The number of nitrogens with two attached hydrogens (primary N) is 1. The number of carbonyl (C=O) groups excluding carboxylic acids is 1. The van der Waals surface area contributed by atoms with Gasteiger partial charge in [0, 0.05) is 5.25 Å². The first-order chi connectivity index (χ1) is 7.68. The summed E-state index contributed by atoms with van der Waals surface area (Å²) in [6, 6.07) is 0. The summed E-state index contributed by atoms with van der Waals surface area (Å²) in [5.74, 6) is -0.313. The van der Waals surface area contributed by atoms with E-state index in [-0.39, 0.29) is 5.76 Å². The van der Waals surface area contributed by atoms with Gasteiger partial charge in [-0.2, -0.15) is 0 Å². The number of amides is 1. The normalized spacial score (nSPS) is 17.6. The van der Waals surface area contributed by atoms with Crippen LogP contribution in [0.3, 0.4) is 0 Å². The highest BCUT2D eigenvalue weighted by atomic mass is 32.2. The fourth-order valence-corrected chi connectivity index (χ4v) is 3.36. The molecular weight excluding hydrogens is 224 g/mol. The van der Waals surface area contributed by atoms with Gasteiger partial charge in [0.05, 0.1) is 10.6 Å². The maximum Gasteiger partial charge on any atom is 0.288 e. The highest BCUT2D eigenvalue weighted by Crippen LogP contribution is 2.36. The van der Waals surface area contributed by atoms with Gasteiger partial charge in [0.2, 0.25) is 5.76 Å². The van der Waals surface area contributed by atoms with Gasteiger partial charge in [-0.15, -0.1) is 11.8 Å². The minimum Gasteiger partial charge on any atom is -0.363 e. The molecule has 1 aromatic rings. The van der Waals surface area contributed by atoms with E-state index in [1.807, 2.05) is 6.92 Å². The number of hydrogen-bond donors (Lipinski definition) is 1. The SMILES string of the molecule is Cc1noc(C(N)=O)c1SC1CCCCC1. The Morgan fingerprint density at radius 2 is 2.12 bits per heavy atom. The first-order valence-corrected chi connectivity index (χ1v) is 6.49. The number of rotatable bonds is 3. The van der Waals surface area contributed by atoms with Crippen molar-refractivity contribution in [3.63, 3.8) is 0 Å². The molecule has 1 fully saturated rings. The number of carbonyl (C=O) groups is 1. The zero-order valence-electron chi connectivity index (χ0n) is 9.36. The van der Waals surface area contributed by atoms with Crippen molar-refractivity contribution in [1.29, 1.82) is 0 Å². The standard InChI is InChI=1S/C11H16N2O2S/c1-7-10(9(11(12)14)15-13-7)16-8-5-3-2-4-6-8/h8H,2-6H2,1H3,(H2,12,14). The number of thioether (sulfide) groups is 1. The third kappa shape index (κ3) is 2.40. The molecule has 1 amide bonds. The number of aryl methyl sites for hydroxylation is 1. The molecule has 1 aromatic heterocycles. The highest BCUT2D eigenvalue weighted by Gasteiger charge is 2.23. The lowest BCUT2D eigenvalue weighted by molar-refractivity contribution is 0.0961. The first kappa shape index (κ1) is 11.5. The summed E-state index contributed by atoms with van der Waals surface area (Å²) in [4.78, 5) is 12.0. The van der Waals surface area contributed by atoms with Crippen LogP contribution in [0.15, 0.2) is 9.42 Å². The van der Waals surface area contributed by atoms with Crippen molar-refractivity contribution in [2.75, 3.05) is 0 Å². The van der Waals surface area contributed by atoms with Crippen LogP contribution in [0.2, 0.25) is 0 Å². The van der Waals surface area contributed by atoms with Crippen molar-refractivity contribution in [2.24, 2.45) is 5.73 Å². The Balaban J connectivity index is 2.12. The van der Waals surface area contributed by atoms with Crippen molar-refractivity contribution in [3.05, 3.63) is 11.5 Å². The van der Waals surface area contributed by atoms with Gasteiger partial charge in [0.25, 0.3) is 5.91 Å². The van der Waals surface area contributed by atoms with Crippen LogP contribution in [-0.2, 0) is 0 Å². The van der Waals surface area contributed by atoms with E-state index in [4.69, 9.17) is 10.3 Å². The van der Waals surface area contributed by atoms with Crippen LogP contribution in [0.25, 0.3) is 0 Å². The molecule has 4 nitrogen and oxygen atoms in total. The number of nitrogens with zero attached hydrogens (tertiary/aromatic N) is 1. The van der Waals surface area contributed by atoms with Gasteiger partial charge in [-0.05, 0) is 19.8 Å². The molecular formula is C11H16N2O2S. The van der Waals surface area contributed by atoms with Gasteiger partial charge in [-0.3, -0.25) is 4.79 Å².